The second kappa shape index (κ2) is 6.64. The third kappa shape index (κ3) is 3.38. The van der Waals surface area contributed by atoms with Crippen molar-refractivity contribution in [1.82, 2.24) is 14.8 Å². The second-order valence-electron chi connectivity index (χ2n) is 4.88. The van der Waals surface area contributed by atoms with Crippen molar-refractivity contribution in [2.75, 3.05) is 0 Å². The summed E-state index contributed by atoms with van der Waals surface area (Å²) in [5.41, 5.74) is 0. The Morgan fingerprint density at radius 1 is 1.39 bits per heavy atom. The molecule has 0 aromatic carbocycles. The lowest BCUT2D eigenvalue weighted by molar-refractivity contribution is -0.129. The highest BCUT2D eigenvalue weighted by molar-refractivity contribution is 5.84. The molecule has 0 aliphatic rings. The number of hydrogen-bond donors (Lipinski definition) is 1. The van der Waals surface area contributed by atoms with Crippen molar-refractivity contribution in [1.29, 1.82) is 0 Å². The van der Waals surface area contributed by atoms with Gasteiger partial charge in [0, 0.05) is 6.04 Å². The van der Waals surface area contributed by atoms with E-state index in [-0.39, 0.29) is 24.2 Å². The molecule has 0 amide bonds. The summed E-state index contributed by atoms with van der Waals surface area (Å²) in [6.07, 6.45) is 2.32. The van der Waals surface area contributed by atoms with Gasteiger partial charge in [-0.2, -0.15) is 5.10 Å². The third-order valence-corrected chi connectivity index (χ3v) is 3.29. The molecule has 0 aliphatic heterocycles. The standard InChI is InChI=1S/C13H23N3O2/c1-5-10(6-2)13(18)11(17)7-12-14-8-15-16(12)9(3)4/h8-10,13,18H,5-7H2,1-4H3. The number of aromatic nitrogens is 3. The zero-order valence-corrected chi connectivity index (χ0v) is 11.6. The SMILES string of the molecule is CCC(CC)C(O)C(=O)Cc1ncnn1C(C)C. The lowest BCUT2D eigenvalue weighted by Gasteiger charge is -2.19. The van der Waals surface area contributed by atoms with E-state index in [0.717, 1.165) is 12.8 Å². The summed E-state index contributed by atoms with van der Waals surface area (Å²) in [5.74, 6) is 0.492. The second-order valence-corrected chi connectivity index (χ2v) is 4.88. The number of rotatable bonds is 7. The van der Waals surface area contributed by atoms with Gasteiger partial charge in [0.05, 0.1) is 6.42 Å². The van der Waals surface area contributed by atoms with Gasteiger partial charge in [0.15, 0.2) is 5.78 Å². The number of aliphatic hydroxyl groups excluding tert-OH is 1. The summed E-state index contributed by atoms with van der Waals surface area (Å²) in [5, 5.41) is 14.1. The smallest absolute Gasteiger partial charge is 0.169 e. The molecule has 0 saturated carbocycles. The normalized spacial score (nSPS) is 13.3. The van der Waals surface area contributed by atoms with Crippen molar-refractivity contribution >= 4 is 5.78 Å². The molecular weight excluding hydrogens is 230 g/mol. The van der Waals surface area contributed by atoms with E-state index >= 15 is 0 Å². The van der Waals surface area contributed by atoms with Crippen LogP contribution < -0.4 is 0 Å². The van der Waals surface area contributed by atoms with Crippen molar-refractivity contribution < 1.29 is 9.90 Å². The van der Waals surface area contributed by atoms with Crippen molar-refractivity contribution in [2.45, 2.75) is 59.1 Å². The topological polar surface area (TPSA) is 68.0 Å². The fraction of sp³-hybridized carbons (Fsp3) is 0.769. The molecular formula is C13H23N3O2. The van der Waals surface area contributed by atoms with Crippen molar-refractivity contribution in [3.05, 3.63) is 12.2 Å². The predicted molar refractivity (Wildman–Crippen MR) is 69.2 cm³/mol. The number of ketones is 1. The molecule has 0 radical (unpaired) electrons. The van der Waals surface area contributed by atoms with E-state index in [1.807, 2.05) is 27.7 Å². The van der Waals surface area contributed by atoms with Crippen LogP contribution in [0.5, 0.6) is 0 Å². The average molecular weight is 253 g/mol. The molecule has 0 aliphatic carbocycles. The van der Waals surface area contributed by atoms with Gasteiger partial charge in [-0.15, -0.1) is 0 Å². The maximum absolute atomic E-state index is 12.0. The zero-order chi connectivity index (χ0) is 13.7. The van der Waals surface area contributed by atoms with Gasteiger partial charge in [0.2, 0.25) is 0 Å². The van der Waals surface area contributed by atoms with Crippen LogP contribution in [-0.2, 0) is 11.2 Å². The van der Waals surface area contributed by atoms with Gasteiger partial charge in [0.1, 0.15) is 18.3 Å². The Morgan fingerprint density at radius 3 is 2.50 bits per heavy atom. The Hall–Kier alpha value is -1.23. The maximum atomic E-state index is 12.0. The van der Waals surface area contributed by atoms with E-state index in [1.54, 1.807) is 4.68 Å². The van der Waals surface area contributed by atoms with E-state index in [0.29, 0.717) is 5.82 Å². The molecule has 0 spiro atoms. The van der Waals surface area contributed by atoms with Crippen LogP contribution in [0.1, 0.15) is 52.4 Å². The first-order valence-electron chi connectivity index (χ1n) is 6.60. The van der Waals surface area contributed by atoms with Gasteiger partial charge in [0.25, 0.3) is 0 Å². The fourth-order valence-corrected chi connectivity index (χ4v) is 2.09. The Morgan fingerprint density at radius 2 is 2.00 bits per heavy atom. The third-order valence-electron chi connectivity index (χ3n) is 3.29. The Balaban J connectivity index is 2.72. The summed E-state index contributed by atoms with van der Waals surface area (Å²) >= 11 is 0. The van der Waals surface area contributed by atoms with Crippen LogP contribution in [-0.4, -0.2) is 31.8 Å². The van der Waals surface area contributed by atoms with Crippen LogP contribution in [0.25, 0.3) is 0 Å². The molecule has 1 aromatic heterocycles. The summed E-state index contributed by atoms with van der Waals surface area (Å²) in [6.45, 7) is 7.95. The molecule has 1 atom stereocenters. The number of hydrogen-bond acceptors (Lipinski definition) is 4. The van der Waals surface area contributed by atoms with E-state index in [9.17, 15) is 9.90 Å². The minimum atomic E-state index is -0.891. The molecule has 5 heteroatoms. The number of carbonyl (C=O) groups is 1. The first kappa shape index (κ1) is 14.8. The average Bonchev–Trinajstić information content (AvgIpc) is 2.78. The molecule has 18 heavy (non-hydrogen) atoms. The maximum Gasteiger partial charge on any atom is 0.169 e. The largest absolute Gasteiger partial charge is 0.385 e. The molecule has 5 nitrogen and oxygen atoms in total. The highest BCUT2D eigenvalue weighted by atomic mass is 16.3. The molecule has 0 fully saturated rings. The quantitative estimate of drug-likeness (QED) is 0.804. The Kier molecular flexibility index (Phi) is 5.47. The van der Waals surface area contributed by atoms with Crippen molar-refractivity contribution in [3.63, 3.8) is 0 Å². The summed E-state index contributed by atoms with van der Waals surface area (Å²) < 4.78 is 1.72. The van der Waals surface area contributed by atoms with E-state index in [4.69, 9.17) is 0 Å². The van der Waals surface area contributed by atoms with Crippen LogP contribution in [0.4, 0.5) is 0 Å². The Bertz CT molecular complexity index is 383. The van der Waals surface area contributed by atoms with Crippen LogP contribution in [0.2, 0.25) is 0 Å². The van der Waals surface area contributed by atoms with Crippen LogP contribution in [0, 0.1) is 5.92 Å². The molecule has 1 heterocycles. The number of nitrogens with zero attached hydrogens (tertiary/aromatic N) is 3. The van der Waals surface area contributed by atoms with Gasteiger partial charge in [-0.05, 0) is 19.8 Å². The monoisotopic (exact) mass is 253 g/mol. The highest BCUT2D eigenvalue weighted by Crippen LogP contribution is 2.16. The van der Waals surface area contributed by atoms with Gasteiger partial charge >= 0.3 is 0 Å². The van der Waals surface area contributed by atoms with E-state index in [2.05, 4.69) is 10.1 Å². The molecule has 1 rings (SSSR count). The molecule has 1 N–H and O–H groups in total. The number of aliphatic hydroxyl groups is 1. The minimum Gasteiger partial charge on any atom is -0.385 e. The minimum absolute atomic E-state index is 0.0351. The Labute approximate surface area is 108 Å². The lowest BCUT2D eigenvalue weighted by atomic mass is 9.92. The van der Waals surface area contributed by atoms with Gasteiger partial charge in [-0.3, -0.25) is 4.79 Å². The molecule has 102 valence electrons. The fourth-order valence-electron chi connectivity index (χ4n) is 2.09. The van der Waals surface area contributed by atoms with Gasteiger partial charge < -0.3 is 5.11 Å². The molecule has 1 aromatic rings. The number of carbonyl (C=O) groups excluding carboxylic acids is 1. The highest BCUT2D eigenvalue weighted by Gasteiger charge is 2.25. The molecule has 1 unspecified atom stereocenters. The summed E-state index contributed by atoms with van der Waals surface area (Å²) in [6, 6.07) is 0.167. The summed E-state index contributed by atoms with van der Waals surface area (Å²) in [7, 11) is 0. The molecule has 0 saturated heterocycles. The van der Waals surface area contributed by atoms with Crippen LogP contribution in [0.3, 0.4) is 0 Å². The first-order valence-corrected chi connectivity index (χ1v) is 6.60. The van der Waals surface area contributed by atoms with Gasteiger partial charge in [-0.1, -0.05) is 26.7 Å². The van der Waals surface area contributed by atoms with E-state index in [1.165, 1.54) is 6.33 Å². The molecule has 0 bridgehead atoms. The van der Waals surface area contributed by atoms with Crippen LogP contribution in [0.15, 0.2) is 6.33 Å². The first-order chi connectivity index (χ1) is 8.51. The van der Waals surface area contributed by atoms with Crippen molar-refractivity contribution in [3.8, 4) is 0 Å². The van der Waals surface area contributed by atoms with Crippen LogP contribution >= 0.6 is 0 Å². The van der Waals surface area contributed by atoms with Gasteiger partial charge in [-0.25, -0.2) is 9.67 Å². The zero-order valence-electron chi connectivity index (χ0n) is 11.6. The predicted octanol–water partition coefficient (Wildman–Crippen LogP) is 1.77. The number of Topliss-reactive ketones (excluding diaryl/α,β-unsaturated/α-hetero) is 1. The summed E-state index contributed by atoms with van der Waals surface area (Å²) in [4.78, 5) is 16.1. The van der Waals surface area contributed by atoms with Crippen molar-refractivity contribution in [2.24, 2.45) is 5.92 Å². The lowest BCUT2D eigenvalue weighted by Crippen LogP contribution is -2.31. The van der Waals surface area contributed by atoms with E-state index < -0.39 is 6.10 Å².